The molecule has 5 N–H and O–H groups in total. The van der Waals surface area contributed by atoms with Crippen LogP contribution >= 0.6 is 22.6 Å². The Morgan fingerprint density at radius 2 is 0.791 bits per heavy atom. The number of rotatable bonds is 27. The Balaban J connectivity index is 0.000000141. The number of fused-ring (bicyclic) bond motifs is 4. The number of azide groups is 2. The van der Waals surface area contributed by atoms with Crippen LogP contribution in [0.15, 0.2) is 205 Å². The lowest BCUT2D eigenvalue weighted by atomic mass is 10.1. The van der Waals surface area contributed by atoms with E-state index in [1.165, 1.54) is 49.9 Å². The molecule has 3 saturated heterocycles. The van der Waals surface area contributed by atoms with E-state index in [2.05, 4.69) is 67.9 Å². The van der Waals surface area contributed by atoms with Gasteiger partial charge in [-0.2, -0.15) is 0 Å². The first kappa shape index (κ1) is 81.0. The highest BCUT2D eigenvalue weighted by Crippen LogP contribution is 2.39. The summed E-state index contributed by atoms with van der Waals surface area (Å²) in [6, 6.07) is 51.5. The number of nitrogens with one attached hydrogen (secondary N) is 2. The zero-order chi connectivity index (χ0) is 76.7. The number of ether oxygens (including phenoxy) is 7. The van der Waals surface area contributed by atoms with Crippen molar-refractivity contribution in [1.82, 2.24) is 19.1 Å². The second-order valence-corrected chi connectivity index (χ2v) is 27.9. The Hall–Kier alpha value is -10.0. The number of halogens is 5. The van der Waals surface area contributed by atoms with E-state index < -0.39 is 17.5 Å². The van der Waals surface area contributed by atoms with Crippen molar-refractivity contribution < 1.29 is 55.8 Å². The van der Waals surface area contributed by atoms with Gasteiger partial charge in [-0.1, -0.05) is 154 Å². The minimum atomic E-state index is -0.405. The molecule has 15 rings (SSSR count). The van der Waals surface area contributed by atoms with Gasteiger partial charge in [-0.25, -0.2) is 17.6 Å². The minimum Gasteiger partial charge on any atom is -0.485 e. The number of aliphatic hydroxyl groups excluding tert-OH is 1. The quantitative estimate of drug-likeness (QED) is 0.00953. The number of hydrogen-bond donors (Lipinski definition) is 4. The zero-order valence-corrected chi connectivity index (χ0v) is 63.8. The molecule has 0 amide bonds. The van der Waals surface area contributed by atoms with Gasteiger partial charge in [0.1, 0.15) is 26.4 Å². The number of aromatic nitrogens is 4. The monoisotopic (exact) mass is 1610 g/mol. The van der Waals surface area contributed by atoms with Gasteiger partial charge in [0, 0.05) is 124 Å². The van der Waals surface area contributed by atoms with Gasteiger partial charge in [-0.15, -0.1) is 0 Å². The summed E-state index contributed by atoms with van der Waals surface area (Å²) >= 11 is 2.38. The van der Waals surface area contributed by atoms with Crippen LogP contribution in [0.3, 0.4) is 0 Å². The molecule has 7 heterocycles. The largest absolute Gasteiger partial charge is 0.485 e. The molecule has 0 radical (unpaired) electrons. The van der Waals surface area contributed by atoms with Crippen molar-refractivity contribution in [1.29, 1.82) is 0 Å². The summed E-state index contributed by atoms with van der Waals surface area (Å²) in [6.45, 7) is 6.43. The highest BCUT2D eigenvalue weighted by molar-refractivity contribution is 14.1. The van der Waals surface area contributed by atoms with Gasteiger partial charge in [0.05, 0.1) is 29.3 Å². The number of H-pyrrole nitrogens is 2. The highest BCUT2D eigenvalue weighted by atomic mass is 127. The van der Waals surface area contributed by atoms with Crippen LogP contribution in [0.5, 0.6) is 23.0 Å². The van der Waals surface area contributed by atoms with Crippen molar-refractivity contribution in [2.45, 2.75) is 141 Å². The van der Waals surface area contributed by atoms with E-state index in [-0.39, 0.29) is 55.1 Å². The third kappa shape index (κ3) is 22.6. The average molecular weight is 1610 g/mol. The first-order valence-corrected chi connectivity index (χ1v) is 39.1. The van der Waals surface area contributed by atoms with E-state index in [4.69, 9.17) is 55.1 Å². The van der Waals surface area contributed by atoms with Crippen LogP contribution in [0.2, 0.25) is 0 Å². The van der Waals surface area contributed by atoms with Gasteiger partial charge in [0.25, 0.3) is 0 Å². The van der Waals surface area contributed by atoms with Crippen LogP contribution < -0.4 is 24.7 Å². The number of alkyl halides is 1. The summed E-state index contributed by atoms with van der Waals surface area (Å²) in [5.41, 5.74) is 33.9. The van der Waals surface area contributed by atoms with E-state index in [9.17, 15) is 17.6 Å². The zero-order valence-electron chi connectivity index (χ0n) is 61.6. The Kier molecular flexibility index (Phi) is 31.5. The number of hydrogen-bond acceptors (Lipinski definition) is 11. The standard InChI is InChI=1S/C23H25FN4O2.C23H27FN2O2.C17H15FN4O.C17H16FNO2.C6H11IO/c24-20-9-10-21-22(23(20)30-16-17-6-2-1-3-7-17)18(11-12-26-27-25)14-28(21)15-19-8-4-5-13-29-19;24-20-9-10-21-22(23(20)28-16-17-6-2-1-3-7-17)18(11-12-25)14-26(21)15-19-8-4-5-13-27-19;18-14-6-7-15-16(13(10-20-15)8-9-21-22-19)17(14)23-11-12-4-2-1-3-5-12;18-14-6-7-15-16(13(8-9-20)10-19-15)17(14)21-11-12-4-2-1-3-5-12;7-5-6-3-1-2-4-8-6/h1-3,6-7,9-10,14,19H,4-5,8,11-13,15-16H2;1-3,6-7,9-10,14,19H,4-5,8,11-13,15-16,25H2;1-7,10,20H,8-9,11H2;1-7,10,19-20H,8-9,11H2;6H,1-5H2. The normalized spacial score (nSPS) is 15.3. The Morgan fingerprint density at radius 1 is 0.445 bits per heavy atom. The minimum absolute atomic E-state index is 0.0155. The Labute approximate surface area is 651 Å². The molecule has 3 atom stereocenters. The fourth-order valence-corrected chi connectivity index (χ4v) is 14.5. The molecule has 0 spiro atoms. The number of nitrogens with two attached hydrogens (primary N) is 1. The van der Waals surface area contributed by atoms with E-state index in [1.807, 2.05) is 134 Å². The molecule has 12 aromatic rings. The predicted molar refractivity (Wildman–Crippen MR) is 432 cm³/mol. The summed E-state index contributed by atoms with van der Waals surface area (Å²) in [4.78, 5) is 11.8. The van der Waals surface area contributed by atoms with Crippen molar-refractivity contribution in [3.05, 3.63) is 283 Å². The molecular formula is C86H94F4IN11O8. The van der Waals surface area contributed by atoms with Gasteiger partial charge < -0.3 is 63.1 Å². The molecular weight excluding hydrogens is 1520 g/mol. The molecule has 19 nitrogen and oxygen atoms in total. The molecule has 0 bridgehead atoms. The topological polar surface area (TPSA) is 250 Å². The molecule has 0 saturated carbocycles. The fraction of sp³-hybridized carbons (Fsp3) is 0.349. The number of aliphatic hydroxyl groups is 1. The van der Waals surface area contributed by atoms with Crippen molar-refractivity contribution in [3.63, 3.8) is 0 Å². The van der Waals surface area contributed by atoms with Crippen LogP contribution in [0.4, 0.5) is 17.6 Å². The molecule has 0 aliphatic carbocycles. The van der Waals surface area contributed by atoms with Crippen molar-refractivity contribution in [3.8, 4) is 23.0 Å². The van der Waals surface area contributed by atoms with Gasteiger partial charge in [-0.05, 0) is 194 Å². The molecule has 3 aliphatic heterocycles. The van der Waals surface area contributed by atoms with Gasteiger partial charge >= 0.3 is 0 Å². The van der Waals surface area contributed by atoms with E-state index >= 15 is 0 Å². The molecule has 3 unspecified atom stereocenters. The molecule has 3 aliphatic rings. The average Bonchev–Trinajstić information content (AvgIpc) is 1.63. The van der Waals surface area contributed by atoms with Crippen LogP contribution in [0.25, 0.3) is 64.5 Å². The summed E-state index contributed by atoms with van der Waals surface area (Å²) in [7, 11) is 0. The first-order chi connectivity index (χ1) is 54.0. The van der Waals surface area contributed by atoms with Crippen molar-refractivity contribution in [2.24, 2.45) is 16.0 Å². The van der Waals surface area contributed by atoms with E-state index in [1.54, 1.807) is 30.6 Å². The Morgan fingerprint density at radius 3 is 1.13 bits per heavy atom. The smallest absolute Gasteiger partial charge is 0.165 e. The molecule has 576 valence electrons. The lowest BCUT2D eigenvalue weighted by Gasteiger charge is -2.23. The number of benzene rings is 8. The predicted octanol–water partition coefficient (Wildman–Crippen LogP) is 20.4. The Bertz CT molecular complexity index is 4920. The first-order valence-electron chi connectivity index (χ1n) is 37.6. The second-order valence-electron chi connectivity index (χ2n) is 27.0. The maximum absolute atomic E-state index is 14.8. The van der Waals surface area contributed by atoms with Gasteiger partial charge in [-0.3, -0.25) is 0 Å². The third-order valence-electron chi connectivity index (χ3n) is 19.3. The number of nitrogens with zero attached hydrogens (tertiary/aromatic N) is 8. The maximum atomic E-state index is 14.8. The molecule has 110 heavy (non-hydrogen) atoms. The highest BCUT2D eigenvalue weighted by Gasteiger charge is 2.25. The lowest BCUT2D eigenvalue weighted by molar-refractivity contribution is 0.00655. The summed E-state index contributed by atoms with van der Waals surface area (Å²) in [6.07, 6.45) is 21.4. The molecule has 24 heteroatoms. The molecule has 3 fully saturated rings. The van der Waals surface area contributed by atoms with Gasteiger partial charge in [0.15, 0.2) is 46.3 Å². The van der Waals surface area contributed by atoms with Crippen LogP contribution in [-0.2, 0) is 79.4 Å². The van der Waals surface area contributed by atoms with E-state index in [0.29, 0.717) is 87.7 Å². The van der Waals surface area contributed by atoms with Crippen molar-refractivity contribution in [2.75, 3.05) is 50.5 Å². The summed E-state index contributed by atoms with van der Waals surface area (Å²) in [5.74, 6) is -0.507. The third-order valence-corrected chi connectivity index (χ3v) is 20.3. The van der Waals surface area contributed by atoms with Crippen LogP contribution in [0, 0.1) is 23.3 Å². The van der Waals surface area contributed by atoms with Crippen LogP contribution in [0.1, 0.15) is 102 Å². The molecule has 4 aromatic heterocycles. The van der Waals surface area contributed by atoms with Crippen molar-refractivity contribution >= 4 is 66.2 Å². The molecule has 8 aromatic carbocycles. The SMILES string of the molecule is ICC1CCCCO1.NCCc1cn(CC2CCCCO2)c2ccc(F)c(OCc3ccccc3)c12.OCCc1c[nH]c2ccc(F)c(OCc3ccccc3)c12.[N-]=[N+]=NCCc1c[nH]c2ccc(F)c(OCc3ccccc3)c12.[N-]=[N+]=NCCc1cn(CC2CCCCO2)c2ccc(F)c(OCc3ccccc3)c12. The fourth-order valence-electron chi connectivity index (χ4n) is 13.8. The maximum Gasteiger partial charge on any atom is 0.165 e. The number of aromatic amines is 2. The second kappa shape index (κ2) is 42.8. The van der Waals surface area contributed by atoms with Crippen LogP contribution in [-0.4, -0.2) is 93.0 Å². The summed E-state index contributed by atoms with van der Waals surface area (Å²) in [5, 5.41) is 19.3. The van der Waals surface area contributed by atoms with Gasteiger partial charge in [0.2, 0.25) is 0 Å². The van der Waals surface area contributed by atoms with E-state index in [0.717, 1.165) is 140 Å². The lowest BCUT2D eigenvalue weighted by Crippen LogP contribution is -2.24. The summed E-state index contributed by atoms with van der Waals surface area (Å²) < 4.78 is 104.